The Hall–Kier alpha value is -1.62. The lowest BCUT2D eigenvalue weighted by Gasteiger charge is -2.20. The number of carboxylic acids is 1. The number of halogens is 2. The van der Waals surface area contributed by atoms with Gasteiger partial charge in [0.15, 0.2) is 0 Å². The lowest BCUT2D eigenvalue weighted by atomic mass is 9.90. The molecule has 1 heterocycles. The van der Waals surface area contributed by atoms with Gasteiger partial charge in [-0.3, -0.25) is 9.59 Å². The first-order valence-corrected chi connectivity index (χ1v) is 6.19. The lowest BCUT2D eigenvalue weighted by molar-refractivity contribution is -0.147. The van der Waals surface area contributed by atoms with Gasteiger partial charge < -0.3 is 10.0 Å². The zero-order chi connectivity index (χ0) is 14.2. The Morgan fingerprint density at radius 1 is 1.47 bits per heavy atom. The summed E-state index contributed by atoms with van der Waals surface area (Å²) in [6, 6.07) is 4.01. The highest BCUT2D eigenvalue weighted by Gasteiger charge is 2.42. The summed E-state index contributed by atoms with van der Waals surface area (Å²) in [6.07, 6.45) is 0.347. The number of carbonyl (C=O) groups is 2. The molecule has 1 fully saturated rings. The van der Waals surface area contributed by atoms with Crippen LogP contribution in [0.4, 0.5) is 4.39 Å². The van der Waals surface area contributed by atoms with E-state index in [9.17, 15) is 14.0 Å². The Kier molecular flexibility index (Phi) is 3.49. The monoisotopic (exact) mass is 285 g/mol. The summed E-state index contributed by atoms with van der Waals surface area (Å²) in [6.45, 7) is 1.92. The Labute approximate surface area is 114 Å². The van der Waals surface area contributed by atoms with E-state index < -0.39 is 23.1 Å². The quantitative estimate of drug-likeness (QED) is 0.908. The Morgan fingerprint density at radius 3 is 2.68 bits per heavy atom. The van der Waals surface area contributed by atoms with Crippen LogP contribution in [0.1, 0.15) is 23.7 Å². The number of benzene rings is 1. The van der Waals surface area contributed by atoms with Gasteiger partial charge >= 0.3 is 5.97 Å². The third-order valence-electron chi connectivity index (χ3n) is 3.45. The van der Waals surface area contributed by atoms with E-state index in [1.54, 1.807) is 6.92 Å². The highest BCUT2D eigenvalue weighted by atomic mass is 35.5. The molecule has 1 aromatic rings. The van der Waals surface area contributed by atoms with Gasteiger partial charge in [0.1, 0.15) is 5.82 Å². The van der Waals surface area contributed by atoms with Crippen molar-refractivity contribution >= 4 is 23.5 Å². The van der Waals surface area contributed by atoms with Gasteiger partial charge in [0.25, 0.3) is 5.91 Å². The van der Waals surface area contributed by atoms with Crippen molar-refractivity contribution in [2.45, 2.75) is 13.3 Å². The fourth-order valence-corrected chi connectivity index (χ4v) is 2.41. The van der Waals surface area contributed by atoms with Crippen molar-refractivity contribution in [1.29, 1.82) is 0 Å². The van der Waals surface area contributed by atoms with Gasteiger partial charge in [0, 0.05) is 13.1 Å². The Morgan fingerprint density at radius 2 is 2.16 bits per heavy atom. The summed E-state index contributed by atoms with van der Waals surface area (Å²) < 4.78 is 13.7. The van der Waals surface area contributed by atoms with E-state index in [0.29, 0.717) is 6.42 Å². The zero-order valence-electron chi connectivity index (χ0n) is 10.3. The summed E-state index contributed by atoms with van der Waals surface area (Å²) >= 11 is 5.83. The van der Waals surface area contributed by atoms with E-state index in [1.165, 1.54) is 17.0 Å². The van der Waals surface area contributed by atoms with Crippen molar-refractivity contribution < 1.29 is 19.1 Å². The average Bonchev–Trinajstić information content (AvgIpc) is 2.73. The first-order valence-electron chi connectivity index (χ1n) is 5.82. The number of rotatable bonds is 2. The predicted molar refractivity (Wildman–Crippen MR) is 67.7 cm³/mol. The molecule has 1 unspecified atom stereocenters. The number of aliphatic carboxylic acids is 1. The van der Waals surface area contributed by atoms with Crippen LogP contribution in [-0.2, 0) is 4.79 Å². The van der Waals surface area contributed by atoms with E-state index in [0.717, 1.165) is 6.07 Å². The molecule has 0 radical (unpaired) electrons. The van der Waals surface area contributed by atoms with Gasteiger partial charge in [-0.1, -0.05) is 17.7 Å². The second-order valence-corrected chi connectivity index (χ2v) is 5.35. The van der Waals surface area contributed by atoms with Gasteiger partial charge in [-0.05, 0) is 25.5 Å². The van der Waals surface area contributed by atoms with Gasteiger partial charge in [0.05, 0.1) is 16.0 Å². The van der Waals surface area contributed by atoms with Crippen LogP contribution < -0.4 is 0 Å². The van der Waals surface area contributed by atoms with Gasteiger partial charge in [-0.2, -0.15) is 0 Å². The second kappa shape index (κ2) is 4.81. The molecule has 1 aliphatic rings. The minimum atomic E-state index is -0.979. The number of hydrogen-bond acceptors (Lipinski definition) is 2. The smallest absolute Gasteiger partial charge is 0.311 e. The lowest BCUT2D eigenvalue weighted by Crippen LogP contribution is -2.35. The van der Waals surface area contributed by atoms with Gasteiger partial charge in [-0.25, -0.2) is 4.39 Å². The molecule has 6 heteroatoms. The van der Waals surface area contributed by atoms with E-state index in [1.807, 2.05) is 0 Å². The summed E-state index contributed by atoms with van der Waals surface area (Å²) in [5, 5.41) is 9.15. The van der Waals surface area contributed by atoms with Gasteiger partial charge in [-0.15, -0.1) is 0 Å². The van der Waals surface area contributed by atoms with Crippen molar-refractivity contribution in [3.05, 3.63) is 34.6 Å². The van der Waals surface area contributed by atoms with E-state index >= 15 is 0 Å². The molecule has 1 aliphatic heterocycles. The maximum absolute atomic E-state index is 13.7. The summed E-state index contributed by atoms with van der Waals surface area (Å²) in [5.41, 5.74) is -1.17. The summed E-state index contributed by atoms with van der Waals surface area (Å²) in [5.74, 6) is -2.21. The molecule has 1 saturated heterocycles. The van der Waals surface area contributed by atoms with Crippen LogP contribution in [0, 0.1) is 11.2 Å². The molecular formula is C13H13ClFNO3. The van der Waals surface area contributed by atoms with Crippen LogP contribution in [0.5, 0.6) is 0 Å². The van der Waals surface area contributed by atoms with E-state index in [2.05, 4.69) is 0 Å². The molecule has 0 bridgehead atoms. The fraction of sp³-hybridized carbons (Fsp3) is 0.385. The summed E-state index contributed by atoms with van der Waals surface area (Å²) in [7, 11) is 0. The number of carbonyl (C=O) groups excluding carboxylic acids is 1. The first kappa shape index (κ1) is 13.8. The highest BCUT2D eigenvalue weighted by Crippen LogP contribution is 2.32. The molecule has 0 aliphatic carbocycles. The van der Waals surface area contributed by atoms with Crippen LogP contribution in [0.15, 0.2) is 18.2 Å². The van der Waals surface area contributed by atoms with Crippen molar-refractivity contribution in [1.82, 2.24) is 4.90 Å². The third-order valence-corrected chi connectivity index (χ3v) is 3.77. The SMILES string of the molecule is CC1(C(=O)O)CCN(C(=O)c2c(F)cccc2Cl)C1. The number of amides is 1. The van der Waals surface area contributed by atoms with Crippen LogP contribution in [0.2, 0.25) is 5.02 Å². The van der Waals surface area contributed by atoms with Crippen molar-refractivity contribution in [3.63, 3.8) is 0 Å². The molecule has 1 aromatic carbocycles. The Balaban J connectivity index is 2.25. The van der Waals surface area contributed by atoms with Crippen LogP contribution in [-0.4, -0.2) is 35.0 Å². The highest BCUT2D eigenvalue weighted by molar-refractivity contribution is 6.33. The van der Waals surface area contributed by atoms with E-state index in [4.69, 9.17) is 16.7 Å². The molecular weight excluding hydrogens is 273 g/mol. The zero-order valence-corrected chi connectivity index (χ0v) is 11.1. The number of hydrogen-bond donors (Lipinski definition) is 1. The Bertz CT molecular complexity index is 528. The first-order chi connectivity index (χ1) is 8.85. The van der Waals surface area contributed by atoms with Crippen LogP contribution in [0.3, 0.4) is 0 Å². The molecule has 0 saturated carbocycles. The molecule has 0 aromatic heterocycles. The minimum absolute atomic E-state index is 0.0360. The predicted octanol–water partition coefficient (Wildman–Crippen LogP) is 2.42. The number of carboxylic acid groups (broad SMARTS) is 1. The van der Waals surface area contributed by atoms with Crippen LogP contribution >= 0.6 is 11.6 Å². The average molecular weight is 286 g/mol. The molecule has 1 atom stereocenters. The van der Waals surface area contributed by atoms with Crippen molar-refractivity contribution in [3.8, 4) is 0 Å². The molecule has 2 rings (SSSR count). The molecule has 0 spiro atoms. The standard InChI is InChI=1S/C13H13ClFNO3/c1-13(12(18)19)5-6-16(7-13)11(17)10-8(14)3-2-4-9(10)15/h2-4H,5-7H2,1H3,(H,18,19). The minimum Gasteiger partial charge on any atom is -0.481 e. The maximum atomic E-state index is 13.7. The second-order valence-electron chi connectivity index (χ2n) is 4.94. The topological polar surface area (TPSA) is 57.6 Å². The molecule has 102 valence electrons. The normalized spacial score (nSPS) is 22.6. The van der Waals surface area contributed by atoms with E-state index in [-0.39, 0.29) is 23.7 Å². The largest absolute Gasteiger partial charge is 0.481 e. The molecule has 1 amide bonds. The van der Waals surface area contributed by atoms with Gasteiger partial charge in [0.2, 0.25) is 0 Å². The third kappa shape index (κ3) is 2.42. The van der Waals surface area contributed by atoms with Crippen LogP contribution in [0.25, 0.3) is 0 Å². The fourth-order valence-electron chi connectivity index (χ4n) is 2.17. The molecule has 4 nitrogen and oxygen atoms in total. The van der Waals surface area contributed by atoms with Crippen molar-refractivity contribution in [2.75, 3.05) is 13.1 Å². The molecule has 19 heavy (non-hydrogen) atoms. The number of likely N-dealkylation sites (tertiary alicyclic amines) is 1. The summed E-state index contributed by atoms with van der Waals surface area (Å²) in [4.78, 5) is 24.7. The van der Waals surface area contributed by atoms with Crippen molar-refractivity contribution in [2.24, 2.45) is 5.41 Å². The number of nitrogens with zero attached hydrogens (tertiary/aromatic N) is 1. The maximum Gasteiger partial charge on any atom is 0.311 e. The molecule has 1 N–H and O–H groups in total.